The Labute approximate surface area is 134 Å². The molecule has 9 heteroatoms. The van der Waals surface area contributed by atoms with Gasteiger partial charge in [0.2, 0.25) is 11.7 Å². The van der Waals surface area contributed by atoms with Crippen LogP contribution in [0.25, 0.3) is 11.4 Å². The summed E-state index contributed by atoms with van der Waals surface area (Å²) in [6.07, 6.45) is 1.06. The summed E-state index contributed by atoms with van der Waals surface area (Å²) >= 11 is 0. The molecule has 0 amide bonds. The van der Waals surface area contributed by atoms with E-state index in [1.54, 1.807) is 0 Å². The van der Waals surface area contributed by atoms with Crippen LogP contribution in [0.2, 0.25) is 0 Å². The number of carbonyl (C=O) groups is 1. The third-order valence-corrected chi connectivity index (χ3v) is 4.01. The number of aliphatic carboxylic acids is 1. The van der Waals surface area contributed by atoms with Gasteiger partial charge in [0.05, 0.1) is 12.5 Å². The molecule has 2 aromatic rings. The lowest BCUT2D eigenvalue weighted by Gasteiger charge is -2.28. The molecule has 0 unspecified atom stereocenters. The molecule has 0 aliphatic carbocycles. The summed E-state index contributed by atoms with van der Waals surface area (Å²) in [6.45, 7) is 1.47. The molecule has 0 saturated carbocycles. The van der Waals surface area contributed by atoms with E-state index in [2.05, 4.69) is 10.1 Å². The SMILES string of the molecule is O=C(O)C1CCN(Cc2nc(-c3cc(F)c(F)c(F)c3)no2)CC1. The second kappa shape index (κ2) is 6.60. The first kappa shape index (κ1) is 16.4. The van der Waals surface area contributed by atoms with Crippen molar-refractivity contribution in [3.63, 3.8) is 0 Å². The number of likely N-dealkylation sites (tertiary alicyclic amines) is 1. The van der Waals surface area contributed by atoms with Gasteiger partial charge in [0.15, 0.2) is 17.5 Å². The number of benzene rings is 1. The molecule has 128 valence electrons. The molecule has 1 aliphatic heterocycles. The van der Waals surface area contributed by atoms with Gasteiger partial charge in [-0.3, -0.25) is 9.69 Å². The first-order valence-electron chi connectivity index (χ1n) is 7.36. The van der Waals surface area contributed by atoms with Gasteiger partial charge in [-0.2, -0.15) is 4.98 Å². The predicted molar refractivity (Wildman–Crippen MR) is 75.2 cm³/mol. The highest BCUT2D eigenvalue weighted by Gasteiger charge is 2.25. The summed E-state index contributed by atoms with van der Waals surface area (Å²) in [4.78, 5) is 16.9. The number of carboxylic acids is 1. The number of halogens is 3. The number of piperidine rings is 1. The molecule has 0 spiro atoms. The van der Waals surface area contributed by atoms with Crippen molar-refractivity contribution in [2.45, 2.75) is 19.4 Å². The van der Waals surface area contributed by atoms with Crippen LogP contribution < -0.4 is 0 Å². The maximum absolute atomic E-state index is 13.2. The number of hydrogen-bond acceptors (Lipinski definition) is 5. The Morgan fingerprint density at radius 1 is 1.25 bits per heavy atom. The Hall–Kier alpha value is -2.42. The van der Waals surface area contributed by atoms with Crippen molar-refractivity contribution in [1.29, 1.82) is 0 Å². The molecule has 3 rings (SSSR count). The zero-order chi connectivity index (χ0) is 17.3. The number of rotatable bonds is 4. The largest absolute Gasteiger partial charge is 0.481 e. The lowest BCUT2D eigenvalue weighted by Crippen LogP contribution is -2.35. The second-order valence-corrected chi connectivity index (χ2v) is 5.65. The van der Waals surface area contributed by atoms with Crippen molar-refractivity contribution in [2.24, 2.45) is 5.92 Å². The molecule has 1 aliphatic rings. The van der Waals surface area contributed by atoms with Crippen LogP contribution in [0.3, 0.4) is 0 Å². The Kier molecular flexibility index (Phi) is 4.52. The van der Waals surface area contributed by atoms with Crippen molar-refractivity contribution < 1.29 is 27.6 Å². The minimum Gasteiger partial charge on any atom is -0.481 e. The number of aromatic nitrogens is 2. The predicted octanol–water partition coefficient (Wildman–Crippen LogP) is 2.45. The zero-order valence-corrected chi connectivity index (χ0v) is 12.5. The first-order valence-corrected chi connectivity index (χ1v) is 7.36. The quantitative estimate of drug-likeness (QED) is 0.861. The Morgan fingerprint density at radius 3 is 2.46 bits per heavy atom. The second-order valence-electron chi connectivity index (χ2n) is 5.65. The smallest absolute Gasteiger partial charge is 0.306 e. The van der Waals surface area contributed by atoms with Gasteiger partial charge in [-0.25, -0.2) is 13.2 Å². The van der Waals surface area contributed by atoms with E-state index in [4.69, 9.17) is 9.63 Å². The van der Waals surface area contributed by atoms with Crippen LogP contribution in [0.1, 0.15) is 18.7 Å². The van der Waals surface area contributed by atoms with Crippen molar-refractivity contribution in [3.8, 4) is 11.4 Å². The molecule has 1 aromatic heterocycles. The summed E-state index contributed by atoms with van der Waals surface area (Å²) in [5, 5.41) is 12.6. The fourth-order valence-electron chi connectivity index (χ4n) is 2.65. The molecule has 0 bridgehead atoms. The Morgan fingerprint density at radius 2 is 1.88 bits per heavy atom. The van der Waals surface area contributed by atoms with Gasteiger partial charge in [0, 0.05) is 5.56 Å². The molecular weight excluding hydrogens is 327 g/mol. The van der Waals surface area contributed by atoms with E-state index in [1.165, 1.54) is 0 Å². The monoisotopic (exact) mass is 341 g/mol. The molecule has 1 N–H and O–H groups in total. The minimum absolute atomic E-state index is 0.0222. The minimum atomic E-state index is -1.55. The van der Waals surface area contributed by atoms with Crippen LogP contribution in [-0.2, 0) is 11.3 Å². The summed E-state index contributed by atoms with van der Waals surface area (Å²) in [7, 11) is 0. The summed E-state index contributed by atoms with van der Waals surface area (Å²) < 4.78 is 44.5. The lowest BCUT2D eigenvalue weighted by molar-refractivity contribution is -0.143. The summed E-state index contributed by atoms with van der Waals surface area (Å²) in [6, 6.07) is 1.59. The maximum atomic E-state index is 13.2. The summed E-state index contributed by atoms with van der Waals surface area (Å²) in [5.74, 6) is -5.14. The van der Waals surface area contributed by atoms with Gasteiger partial charge in [0.1, 0.15) is 0 Å². The van der Waals surface area contributed by atoms with Gasteiger partial charge >= 0.3 is 5.97 Å². The molecule has 0 atom stereocenters. The van der Waals surface area contributed by atoms with Gasteiger partial charge in [0.25, 0.3) is 0 Å². The third-order valence-electron chi connectivity index (χ3n) is 4.01. The standard InChI is InChI=1S/C15H14F3N3O3/c16-10-5-9(6-11(17)13(10)18)14-19-12(24-20-14)7-21-3-1-8(2-4-21)15(22)23/h5-6,8H,1-4,7H2,(H,22,23). The van der Waals surface area contributed by atoms with E-state index in [0.717, 1.165) is 12.1 Å². The van der Waals surface area contributed by atoms with E-state index in [-0.39, 0.29) is 23.2 Å². The fourth-order valence-corrected chi connectivity index (χ4v) is 2.65. The van der Waals surface area contributed by atoms with Crippen LogP contribution in [0.4, 0.5) is 13.2 Å². The Bertz CT molecular complexity index is 734. The van der Waals surface area contributed by atoms with Gasteiger partial charge in [-0.05, 0) is 38.1 Å². The Balaban J connectivity index is 1.67. The normalized spacial score (nSPS) is 16.5. The van der Waals surface area contributed by atoms with Crippen LogP contribution in [0, 0.1) is 23.4 Å². The highest BCUT2D eigenvalue weighted by atomic mass is 19.2. The van der Waals surface area contributed by atoms with E-state index in [1.807, 2.05) is 4.90 Å². The number of carboxylic acid groups (broad SMARTS) is 1. The number of hydrogen-bond donors (Lipinski definition) is 1. The zero-order valence-electron chi connectivity index (χ0n) is 12.5. The average molecular weight is 341 g/mol. The molecule has 0 radical (unpaired) electrons. The van der Waals surface area contributed by atoms with Gasteiger partial charge < -0.3 is 9.63 Å². The van der Waals surface area contributed by atoms with Gasteiger partial charge in [-0.1, -0.05) is 5.16 Å². The summed E-state index contributed by atoms with van der Waals surface area (Å²) in [5.41, 5.74) is -0.0222. The average Bonchev–Trinajstić information content (AvgIpc) is 3.01. The highest BCUT2D eigenvalue weighted by Crippen LogP contribution is 2.23. The van der Waals surface area contributed by atoms with Crippen LogP contribution in [0.5, 0.6) is 0 Å². The van der Waals surface area contributed by atoms with E-state index < -0.39 is 23.4 Å². The molecule has 1 fully saturated rings. The van der Waals surface area contributed by atoms with Crippen molar-refractivity contribution in [1.82, 2.24) is 15.0 Å². The molecular formula is C15H14F3N3O3. The fraction of sp³-hybridized carbons (Fsp3) is 0.400. The van der Waals surface area contributed by atoms with Crippen LogP contribution in [-0.4, -0.2) is 39.2 Å². The van der Waals surface area contributed by atoms with E-state index >= 15 is 0 Å². The van der Waals surface area contributed by atoms with Crippen molar-refractivity contribution in [2.75, 3.05) is 13.1 Å². The van der Waals surface area contributed by atoms with Crippen LogP contribution in [0.15, 0.2) is 16.7 Å². The highest BCUT2D eigenvalue weighted by molar-refractivity contribution is 5.70. The molecule has 2 heterocycles. The topological polar surface area (TPSA) is 79.5 Å². The van der Waals surface area contributed by atoms with Crippen molar-refractivity contribution in [3.05, 3.63) is 35.5 Å². The number of nitrogens with zero attached hydrogens (tertiary/aromatic N) is 3. The first-order chi connectivity index (χ1) is 11.4. The van der Waals surface area contributed by atoms with Gasteiger partial charge in [-0.15, -0.1) is 0 Å². The van der Waals surface area contributed by atoms with Crippen LogP contribution >= 0.6 is 0 Å². The molecule has 24 heavy (non-hydrogen) atoms. The van der Waals surface area contributed by atoms with E-state index in [0.29, 0.717) is 32.5 Å². The molecule has 1 aromatic carbocycles. The third kappa shape index (κ3) is 3.40. The van der Waals surface area contributed by atoms with Crippen molar-refractivity contribution >= 4 is 5.97 Å². The maximum Gasteiger partial charge on any atom is 0.306 e. The lowest BCUT2D eigenvalue weighted by atomic mass is 9.97. The molecule has 6 nitrogen and oxygen atoms in total. The molecule has 1 saturated heterocycles. The van der Waals surface area contributed by atoms with E-state index in [9.17, 15) is 18.0 Å².